The number of aromatic nitrogens is 2. The van der Waals surface area contributed by atoms with Crippen molar-refractivity contribution in [3.63, 3.8) is 0 Å². The van der Waals surface area contributed by atoms with Crippen LogP contribution in [-0.2, 0) is 22.7 Å². The fraction of sp³-hybridized carbons (Fsp3) is 0.333. The summed E-state index contributed by atoms with van der Waals surface area (Å²) in [6, 6.07) is 14.2. The molecular weight excluding hydrogens is 656 g/mol. The summed E-state index contributed by atoms with van der Waals surface area (Å²) in [5.74, 6) is 0.695. The van der Waals surface area contributed by atoms with Crippen molar-refractivity contribution in [3.8, 4) is 28.1 Å². The van der Waals surface area contributed by atoms with Gasteiger partial charge in [-0.2, -0.15) is 0 Å². The Hall–Kier alpha value is -6.12. The number of ether oxygens (including phenoxy) is 1. The number of amides is 4. The van der Waals surface area contributed by atoms with Gasteiger partial charge in [0.15, 0.2) is 0 Å². The maximum absolute atomic E-state index is 12.6. The normalized spacial score (nSPS) is 11.7. The fourth-order valence-electron chi connectivity index (χ4n) is 6.02. The minimum atomic E-state index is -1.25. The minimum absolute atomic E-state index is 0.230. The number of hydrogen-bond acceptors (Lipinski definition) is 8. The molecule has 4 aromatic rings. The number of carboxylic acid groups (broad SMARTS) is 2. The summed E-state index contributed by atoms with van der Waals surface area (Å²) in [5.41, 5.74) is 6.23. The largest absolute Gasteiger partial charge is 0.488 e. The SMILES string of the molecule is CCCN(CC=Nc1ccc2cc3c(cc2c1NC)OCc1cc(-c2cnc(CN(CCC)C(=O)CNC(=O)O)[nH]2)ccc1-3)C(=O)CNC(=O)O. The minimum Gasteiger partial charge on any atom is -0.488 e. The fourth-order valence-corrected chi connectivity index (χ4v) is 6.02. The predicted octanol–water partition coefficient (Wildman–Crippen LogP) is 5.05. The lowest BCUT2D eigenvalue weighted by Crippen LogP contribution is -2.41. The van der Waals surface area contributed by atoms with E-state index in [1.54, 1.807) is 22.2 Å². The van der Waals surface area contributed by atoms with Crippen molar-refractivity contribution in [3.05, 3.63) is 60.0 Å². The smallest absolute Gasteiger partial charge is 0.405 e. The number of rotatable bonds is 15. The molecule has 0 fully saturated rings. The Labute approximate surface area is 294 Å². The number of nitrogens with one attached hydrogen (secondary N) is 4. The van der Waals surface area contributed by atoms with Crippen LogP contribution in [0.25, 0.3) is 33.2 Å². The quantitative estimate of drug-likeness (QED) is 0.0920. The second kappa shape index (κ2) is 16.5. The number of aromatic amines is 1. The first-order valence-corrected chi connectivity index (χ1v) is 16.7. The first-order valence-electron chi connectivity index (χ1n) is 16.7. The van der Waals surface area contributed by atoms with Gasteiger partial charge in [-0.15, -0.1) is 0 Å². The summed E-state index contributed by atoms with van der Waals surface area (Å²) in [5, 5.41) is 27.1. The average Bonchev–Trinajstić information content (AvgIpc) is 3.59. The van der Waals surface area contributed by atoms with Crippen LogP contribution in [0.2, 0.25) is 0 Å². The molecule has 15 heteroatoms. The van der Waals surface area contributed by atoms with E-state index in [-0.39, 0.29) is 38.0 Å². The summed E-state index contributed by atoms with van der Waals surface area (Å²) >= 11 is 0. The number of fused-ring (bicyclic) bond motifs is 4. The Kier molecular flexibility index (Phi) is 11.7. The first kappa shape index (κ1) is 36.2. The van der Waals surface area contributed by atoms with Gasteiger partial charge < -0.3 is 45.7 Å². The van der Waals surface area contributed by atoms with Gasteiger partial charge >= 0.3 is 12.2 Å². The van der Waals surface area contributed by atoms with Crippen LogP contribution >= 0.6 is 0 Å². The molecular formula is C36H42N8O7. The monoisotopic (exact) mass is 698 g/mol. The number of hydrogen-bond donors (Lipinski definition) is 6. The number of imidazole rings is 1. The van der Waals surface area contributed by atoms with Gasteiger partial charge in [-0.05, 0) is 59.2 Å². The van der Waals surface area contributed by atoms with Crippen LogP contribution in [-0.4, -0.2) is 100.0 Å². The standard InChI is InChI=1S/C36H42N8O7/c1-4-11-43(32(45)18-40-35(47)48)13-10-38-28-9-7-22-15-27-25-8-6-23(14-24(25)21-51-30(27)16-26(22)34(28)37-3)29-17-39-31(42-29)20-44(12-5-2)33(46)19-41-36(49)50/h6-10,14-17,37,40-41H,4-5,11-13,18-21H2,1-3H3,(H,39,42)(H,47,48)(H,49,50). The molecule has 0 radical (unpaired) electrons. The van der Waals surface area contributed by atoms with Crippen LogP contribution in [0.5, 0.6) is 5.75 Å². The number of aliphatic imine (C=N–C) groups is 1. The van der Waals surface area contributed by atoms with Crippen LogP contribution in [0.4, 0.5) is 21.0 Å². The third-order valence-electron chi connectivity index (χ3n) is 8.41. The highest BCUT2D eigenvalue weighted by atomic mass is 16.5. The summed E-state index contributed by atoms with van der Waals surface area (Å²) in [7, 11) is 1.83. The molecule has 0 aliphatic carbocycles. The lowest BCUT2D eigenvalue weighted by atomic mass is 9.92. The molecule has 51 heavy (non-hydrogen) atoms. The highest BCUT2D eigenvalue weighted by Crippen LogP contribution is 2.44. The predicted molar refractivity (Wildman–Crippen MR) is 194 cm³/mol. The second-order valence-corrected chi connectivity index (χ2v) is 12.0. The van der Waals surface area contributed by atoms with E-state index in [0.29, 0.717) is 31.2 Å². The van der Waals surface area contributed by atoms with Crippen LogP contribution in [0.3, 0.4) is 0 Å². The molecule has 1 aliphatic rings. The highest BCUT2D eigenvalue weighted by molar-refractivity contribution is 6.03. The van der Waals surface area contributed by atoms with E-state index in [4.69, 9.17) is 14.9 Å². The molecule has 0 saturated heterocycles. The van der Waals surface area contributed by atoms with Crippen LogP contribution in [0, 0.1) is 0 Å². The third kappa shape index (κ3) is 8.73. The van der Waals surface area contributed by atoms with Crippen LogP contribution in [0.1, 0.15) is 38.1 Å². The van der Waals surface area contributed by atoms with Gasteiger partial charge in [-0.3, -0.25) is 14.6 Å². The van der Waals surface area contributed by atoms with Crippen LogP contribution < -0.4 is 20.7 Å². The van der Waals surface area contributed by atoms with Gasteiger partial charge in [0, 0.05) is 37.3 Å². The van der Waals surface area contributed by atoms with Crippen molar-refractivity contribution in [2.45, 2.75) is 39.8 Å². The summed E-state index contributed by atoms with van der Waals surface area (Å²) in [6.45, 7) is 5.09. The molecule has 3 aromatic carbocycles. The molecule has 0 saturated carbocycles. The number of anilines is 1. The Morgan fingerprint density at radius 1 is 0.941 bits per heavy atom. The molecule has 1 aliphatic heterocycles. The summed E-state index contributed by atoms with van der Waals surface area (Å²) in [4.78, 5) is 62.3. The molecule has 268 valence electrons. The van der Waals surface area contributed by atoms with E-state index >= 15 is 0 Å². The maximum Gasteiger partial charge on any atom is 0.405 e. The zero-order valence-corrected chi connectivity index (χ0v) is 28.8. The molecule has 0 unspecified atom stereocenters. The Balaban J connectivity index is 1.34. The van der Waals surface area contributed by atoms with Gasteiger partial charge in [0.05, 0.1) is 36.4 Å². The highest BCUT2D eigenvalue weighted by Gasteiger charge is 2.22. The van der Waals surface area contributed by atoms with Crippen molar-refractivity contribution in [1.29, 1.82) is 0 Å². The number of nitrogens with zero attached hydrogens (tertiary/aromatic N) is 4. The zero-order chi connectivity index (χ0) is 36.5. The molecule has 1 aromatic heterocycles. The molecule has 2 heterocycles. The van der Waals surface area contributed by atoms with E-state index in [0.717, 1.165) is 63.0 Å². The van der Waals surface area contributed by atoms with E-state index in [9.17, 15) is 19.2 Å². The second-order valence-electron chi connectivity index (χ2n) is 12.0. The van der Waals surface area contributed by atoms with Crippen molar-refractivity contribution in [1.82, 2.24) is 30.4 Å². The molecule has 0 spiro atoms. The van der Waals surface area contributed by atoms with E-state index in [1.165, 1.54) is 0 Å². The molecule has 0 atom stereocenters. The van der Waals surface area contributed by atoms with Gasteiger partial charge in [-0.1, -0.05) is 32.0 Å². The van der Waals surface area contributed by atoms with Gasteiger partial charge in [0.25, 0.3) is 0 Å². The molecule has 15 nitrogen and oxygen atoms in total. The Bertz CT molecular complexity index is 1960. The summed E-state index contributed by atoms with van der Waals surface area (Å²) in [6.07, 6.45) is 2.33. The van der Waals surface area contributed by atoms with E-state index in [1.807, 2.05) is 45.2 Å². The number of carbonyl (C=O) groups excluding carboxylic acids is 2. The third-order valence-corrected chi connectivity index (χ3v) is 8.41. The lowest BCUT2D eigenvalue weighted by molar-refractivity contribution is -0.131. The van der Waals surface area contributed by atoms with Gasteiger partial charge in [0.1, 0.15) is 31.3 Å². The van der Waals surface area contributed by atoms with Crippen molar-refractivity contribution in [2.75, 3.05) is 45.1 Å². The summed E-state index contributed by atoms with van der Waals surface area (Å²) < 4.78 is 6.27. The lowest BCUT2D eigenvalue weighted by Gasteiger charge is -2.23. The Morgan fingerprint density at radius 3 is 2.33 bits per heavy atom. The van der Waals surface area contributed by atoms with Crippen molar-refractivity contribution >= 4 is 52.4 Å². The Morgan fingerprint density at radius 2 is 1.65 bits per heavy atom. The van der Waals surface area contributed by atoms with Crippen molar-refractivity contribution < 1.29 is 34.1 Å². The number of benzene rings is 3. The molecule has 5 rings (SSSR count). The molecule has 0 bridgehead atoms. The van der Waals surface area contributed by atoms with Crippen LogP contribution in [0.15, 0.2) is 53.7 Å². The van der Waals surface area contributed by atoms with Gasteiger partial charge in [-0.25, -0.2) is 14.6 Å². The maximum atomic E-state index is 12.6. The zero-order valence-electron chi connectivity index (χ0n) is 28.8. The number of carbonyl (C=O) groups is 4. The molecule has 6 N–H and O–H groups in total. The average molecular weight is 699 g/mol. The van der Waals surface area contributed by atoms with E-state index < -0.39 is 12.2 Å². The number of H-pyrrole nitrogens is 1. The first-order chi connectivity index (χ1) is 24.6. The topological polar surface area (TPSA) is 202 Å². The van der Waals surface area contributed by atoms with E-state index in [2.05, 4.69) is 49.1 Å². The van der Waals surface area contributed by atoms with Gasteiger partial charge in [0.2, 0.25) is 11.8 Å². The van der Waals surface area contributed by atoms with Crippen molar-refractivity contribution in [2.24, 2.45) is 4.99 Å². The molecule has 4 amide bonds.